The molecule has 0 spiro atoms. The van der Waals surface area contributed by atoms with E-state index in [4.69, 9.17) is 0 Å². The van der Waals surface area contributed by atoms with E-state index in [1.807, 2.05) is 11.3 Å². The summed E-state index contributed by atoms with van der Waals surface area (Å²) in [5, 5.41) is 3.64. The van der Waals surface area contributed by atoms with Crippen LogP contribution in [0.2, 0.25) is 0 Å². The van der Waals surface area contributed by atoms with Gasteiger partial charge in [-0.05, 0) is 38.8 Å². The average molecular weight is 252 g/mol. The molecule has 96 valence electrons. The van der Waals surface area contributed by atoms with Gasteiger partial charge in [-0.3, -0.25) is 4.90 Å². The molecule has 0 aromatic carbocycles. The minimum absolute atomic E-state index is 0.305. The molecule has 2 heterocycles. The van der Waals surface area contributed by atoms with Crippen LogP contribution in [0.3, 0.4) is 0 Å². The summed E-state index contributed by atoms with van der Waals surface area (Å²) in [6.07, 6.45) is 1.20. The van der Waals surface area contributed by atoms with E-state index >= 15 is 0 Å². The maximum Gasteiger partial charge on any atom is 0.0329 e. The van der Waals surface area contributed by atoms with Crippen molar-refractivity contribution in [2.45, 2.75) is 46.2 Å². The van der Waals surface area contributed by atoms with Crippen LogP contribution < -0.4 is 5.32 Å². The third-order valence-corrected chi connectivity index (χ3v) is 5.07. The summed E-state index contributed by atoms with van der Waals surface area (Å²) >= 11 is 1.95. The summed E-state index contributed by atoms with van der Waals surface area (Å²) in [6, 6.07) is 2.35. The van der Waals surface area contributed by atoms with Crippen LogP contribution in [0.1, 0.15) is 35.6 Å². The molecule has 2 rings (SSSR count). The third kappa shape index (κ3) is 3.09. The Morgan fingerprint density at radius 2 is 2.24 bits per heavy atom. The average Bonchev–Trinajstić information content (AvgIpc) is 2.58. The Bertz CT molecular complexity index is 366. The number of piperazine rings is 1. The highest BCUT2D eigenvalue weighted by Crippen LogP contribution is 2.24. The summed E-state index contributed by atoms with van der Waals surface area (Å²) in [5.74, 6) is 0. The quantitative estimate of drug-likeness (QED) is 0.890. The van der Waals surface area contributed by atoms with Crippen LogP contribution >= 0.6 is 11.3 Å². The first kappa shape index (κ1) is 13.1. The molecule has 1 fully saturated rings. The van der Waals surface area contributed by atoms with E-state index in [1.54, 1.807) is 0 Å². The summed E-state index contributed by atoms with van der Waals surface area (Å²) in [5.41, 5.74) is 1.75. The minimum Gasteiger partial charge on any atom is -0.309 e. The standard InChI is InChI=1S/C14H24N2S/c1-5-14(4)10-16(7-6-15-14)9-13-8-11(2)12(3)17-13/h8,15H,5-7,9-10H2,1-4H3. The van der Waals surface area contributed by atoms with Gasteiger partial charge in [-0.2, -0.15) is 0 Å². The molecule has 1 unspecified atom stereocenters. The van der Waals surface area contributed by atoms with Crippen LogP contribution in [0.4, 0.5) is 0 Å². The number of hydrogen-bond acceptors (Lipinski definition) is 3. The second-order valence-corrected chi connectivity index (χ2v) is 6.84. The molecular weight excluding hydrogens is 228 g/mol. The maximum atomic E-state index is 3.64. The fourth-order valence-corrected chi connectivity index (χ4v) is 3.56. The molecule has 17 heavy (non-hydrogen) atoms. The van der Waals surface area contributed by atoms with E-state index in [-0.39, 0.29) is 0 Å². The fourth-order valence-electron chi connectivity index (χ4n) is 2.46. The highest BCUT2D eigenvalue weighted by Gasteiger charge is 2.28. The second-order valence-electron chi connectivity index (χ2n) is 5.50. The Morgan fingerprint density at radius 1 is 1.47 bits per heavy atom. The van der Waals surface area contributed by atoms with E-state index in [9.17, 15) is 0 Å². The Labute approximate surface area is 109 Å². The number of hydrogen-bond donors (Lipinski definition) is 1. The van der Waals surface area contributed by atoms with E-state index < -0.39 is 0 Å². The van der Waals surface area contributed by atoms with Gasteiger partial charge in [-0.1, -0.05) is 6.92 Å². The topological polar surface area (TPSA) is 15.3 Å². The molecule has 0 aliphatic carbocycles. The van der Waals surface area contributed by atoms with Crippen molar-refractivity contribution in [2.24, 2.45) is 0 Å². The van der Waals surface area contributed by atoms with Crippen LogP contribution in [0, 0.1) is 13.8 Å². The maximum absolute atomic E-state index is 3.64. The van der Waals surface area contributed by atoms with Crippen LogP contribution in [0.5, 0.6) is 0 Å². The van der Waals surface area contributed by atoms with E-state index in [1.165, 1.54) is 34.8 Å². The van der Waals surface area contributed by atoms with Crippen molar-refractivity contribution in [1.29, 1.82) is 0 Å². The van der Waals surface area contributed by atoms with Gasteiger partial charge in [0.2, 0.25) is 0 Å². The highest BCUT2D eigenvalue weighted by molar-refractivity contribution is 7.12. The summed E-state index contributed by atoms with van der Waals surface area (Å²) < 4.78 is 0. The highest BCUT2D eigenvalue weighted by atomic mass is 32.1. The van der Waals surface area contributed by atoms with E-state index in [0.29, 0.717) is 5.54 Å². The summed E-state index contributed by atoms with van der Waals surface area (Å²) in [4.78, 5) is 5.57. The number of rotatable bonds is 3. The Kier molecular flexibility index (Phi) is 3.91. The molecule has 1 aromatic heterocycles. The van der Waals surface area contributed by atoms with Crippen LogP contribution in [0.25, 0.3) is 0 Å². The molecule has 0 bridgehead atoms. The molecule has 1 aliphatic heterocycles. The van der Waals surface area contributed by atoms with Crippen molar-refractivity contribution < 1.29 is 0 Å². The van der Waals surface area contributed by atoms with Gasteiger partial charge in [0, 0.05) is 41.5 Å². The van der Waals surface area contributed by atoms with Gasteiger partial charge in [0.25, 0.3) is 0 Å². The van der Waals surface area contributed by atoms with Crippen molar-refractivity contribution in [3.8, 4) is 0 Å². The lowest BCUT2D eigenvalue weighted by atomic mass is 9.96. The van der Waals surface area contributed by atoms with Crippen molar-refractivity contribution in [3.63, 3.8) is 0 Å². The normalized spacial score (nSPS) is 26.4. The van der Waals surface area contributed by atoms with Gasteiger partial charge in [0.15, 0.2) is 0 Å². The zero-order valence-electron chi connectivity index (χ0n) is 11.5. The first-order chi connectivity index (χ1) is 8.02. The van der Waals surface area contributed by atoms with Crippen molar-refractivity contribution in [2.75, 3.05) is 19.6 Å². The molecule has 0 radical (unpaired) electrons. The second kappa shape index (κ2) is 5.09. The predicted molar refractivity (Wildman–Crippen MR) is 75.8 cm³/mol. The first-order valence-corrected chi connectivity index (χ1v) is 7.37. The SMILES string of the molecule is CCC1(C)CN(Cc2cc(C)c(C)s2)CCN1. The zero-order valence-corrected chi connectivity index (χ0v) is 12.3. The molecule has 0 saturated carbocycles. The van der Waals surface area contributed by atoms with Crippen molar-refractivity contribution in [3.05, 3.63) is 21.4 Å². The molecular formula is C14H24N2S. The zero-order chi connectivity index (χ0) is 12.5. The van der Waals surface area contributed by atoms with Crippen LogP contribution in [-0.2, 0) is 6.54 Å². The third-order valence-electron chi connectivity index (χ3n) is 3.93. The van der Waals surface area contributed by atoms with Gasteiger partial charge in [0.05, 0.1) is 0 Å². The molecule has 1 atom stereocenters. The lowest BCUT2D eigenvalue weighted by molar-refractivity contribution is 0.134. The molecule has 0 amide bonds. The predicted octanol–water partition coefficient (Wildman–Crippen LogP) is 2.94. The van der Waals surface area contributed by atoms with Gasteiger partial charge >= 0.3 is 0 Å². The molecule has 1 aromatic rings. The first-order valence-electron chi connectivity index (χ1n) is 6.56. The lowest BCUT2D eigenvalue weighted by Gasteiger charge is -2.41. The number of thiophene rings is 1. The van der Waals surface area contributed by atoms with Crippen LogP contribution in [0.15, 0.2) is 6.07 Å². The number of nitrogens with zero attached hydrogens (tertiary/aromatic N) is 1. The molecule has 2 nitrogen and oxygen atoms in total. The van der Waals surface area contributed by atoms with Gasteiger partial charge in [-0.25, -0.2) is 0 Å². The van der Waals surface area contributed by atoms with E-state index in [2.05, 4.69) is 44.0 Å². The van der Waals surface area contributed by atoms with Gasteiger partial charge in [-0.15, -0.1) is 11.3 Å². The molecule has 1 saturated heterocycles. The minimum atomic E-state index is 0.305. The summed E-state index contributed by atoms with van der Waals surface area (Å²) in [6.45, 7) is 13.6. The lowest BCUT2D eigenvalue weighted by Crippen LogP contribution is -2.57. The monoisotopic (exact) mass is 252 g/mol. The molecule has 3 heteroatoms. The number of aryl methyl sites for hydroxylation is 2. The Balaban J connectivity index is 1.99. The number of nitrogens with one attached hydrogen (secondary N) is 1. The van der Waals surface area contributed by atoms with Crippen molar-refractivity contribution >= 4 is 11.3 Å². The fraction of sp³-hybridized carbons (Fsp3) is 0.714. The molecule has 1 N–H and O–H groups in total. The Hall–Kier alpha value is -0.380. The van der Waals surface area contributed by atoms with E-state index in [0.717, 1.165) is 13.1 Å². The molecule has 1 aliphatic rings. The van der Waals surface area contributed by atoms with Gasteiger partial charge in [0.1, 0.15) is 0 Å². The van der Waals surface area contributed by atoms with Crippen LogP contribution in [-0.4, -0.2) is 30.1 Å². The van der Waals surface area contributed by atoms with Gasteiger partial charge < -0.3 is 5.32 Å². The summed E-state index contributed by atoms with van der Waals surface area (Å²) in [7, 11) is 0. The smallest absolute Gasteiger partial charge is 0.0329 e. The Morgan fingerprint density at radius 3 is 2.82 bits per heavy atom. The van der Waals surface area contributed by atoms with Crippen molar-refractivity contribution in [1.82, 2.24) is 10.2 Å². The largest absolute Gasteiger partial charge is 0.309 e.